The Kier molecular flexibility index (Phi) is 6.00. The molecule has 0 heterocycles. The molecule has 0 aliphatic heterocycles. The van der Waals surface area contributed by atoms with E-state index < -0.39 is 5.97 Å². The smallest absolute Gasteiger partial charge is 0.303 e. The van der Waals surface area contributed by atoms with Crippen LogP contribution in [0.1, 0.15) is 33.5 Å². The number of carbonyl (C=O) groups is 2. The largest absolute Gasteiger partial charge is 0.489 e. The molecule has 3 aromatic rings. The van der Waals surface area contributed by atoms with Gasteiger partial charge in [0, 0.05) is 17.5 Å². The van der Waals surface area contributed by atoms with Crippen LogP contribution < -0.4 is 4.74 Å². The molecule has 0 fully saturated rings. The second-order valence-corrected chi connectivity index (χ2v) is 6.22. The quantitative estimate of drug-likeness (QED) is 0.600. The molecule has 4 heteroatoms. The van der Waals surface area contributed by atoms with E-state index in [0.717, 1.165) is 11.1 Å². The molecule has 0 saturated carbocycles. The Labute approximate surface area is 158 Å². The van der Waals surface area contributed by atoms with Crippen molar-refractivity contribution >= 4 is 11.8 Å². The number of hydrogen-bond acceptors (Lipinski definition) is 3. The summed E-state index contributed by atoms with van der Waals surface area (Å²) >= 11 is 0. The van der Waals surface area contributed by atoms with Gasteiger partial charge in [-0.15, -0.1) is 0 Å². The molecule has 0 unspecified atom stereocenters. The number of aliphatic carboxylic acids is 1. The number of ketones is 1. The van der Waals surface area contributed by atoms with Gasteiger partial charge in [-0.05, 0) is 35.7 Å². The van der Waals surface area contributed by atoms with Gasteiger partial charge in [-0.2, -0.15) is 0 Å². The van der Waals surface area contributed by atoms with Crippen LogP contribution in [0.15, 0.2) is 78.9 Å². The molecule has 4 nitrogen and oxygen atoms in total. The Hall–Kier alpha value is -3.40. The number of carboxylic acid groups (broad SMARTS) is 1. The van der Waals surface area contributed by atoms with Gasteiger partial charge in [0.2, 0.25) is 0 Å². The molecule has 0 amide bonds. The highest BCUT2D eigenvalue weighted by atomic mass is 16.5. The van der Waals surface area contributed by atoms with Gasteiger partial charge in [-0.3, -0.25) is 9.59 Å². The summed E-state index contributed by atoms with van der Waals surface area (Å²) in [6.07, 6.45) is 0.613. The average Bonchev–Trinajstić information content (AvgIpc) is 2.72. The number of rotatable bonds is 8. The molecule has 27 heavy (non-hydrogen) atoms. The van der Waals surface area contributed by atoms with Gasteiger partial charge in [0.1, 0.15) is 12.4 Å². The van der Waals surface area contributed by atoms with E-state index in [1.807, 2.05) is 60.7 Å². The summed E-state index contributed by atoms with van der Waals surface area (Å²) in [5, 5.41) is 8.73. The first-order valence-corrected chi connectivity index (χ1v) is 8.74. The summed E-state index contributed by atoms with van der Waals surface area (Å²) in [7, 11) is 0. The maximum Gasteiger partial charge on any atom is 0.303 e. The van der Waals surface area contributed by atoms with Crippen molar-refractivity contribution in [2.45, 2.75) is 19.4 Å². The zero-order chi connectivity index (χ0) is 19.1. The van der Waals surface area contributed by atoms with Crippen LogP contribution in [0.4, 0.5) is 0 Å². The van der Waals surface area contributed by atoms with Crippen molar-refractivity contribution in [3.8, 4) is 5.75 Å². The number of carboxylic acids is 1. The standard InChI is InChI=1S/C23H20O4/c24-22(25)14-11-17-9-12-21(13-10-17)27-16-18-5-4-8-20(15-18)23(26)19-6-2-1-3-7-19/h1-10,12-13,15H,11,14,16H2,(H,24,25). The summed E-state index contributed by atoms with van der Waals surface area (Å²) in [5.74, 6) is -0.116. The van der Waals surface area contributed by atoms with E-state index in [-0.39, 0.29) is 12.2 Å². The number of carbonyl (C=O) groups excluding carboxylic acids is 1. The Bertz CT molecular complexity index is 915. The van der Waals surface area contributed by atoms with Crippen LogP contribution in [0.2, 0.25) is 0 Å². The minimum absolute atomic E-state index is 0.0137. The SMILES string of the molecule is O=C(O)CCc1ccc(OCc2cccc(C(=O)c3ccccc3)c2)cc1. The zero-order valence-electron chi connectivity index (χ0n) is 14.8. The van der Waals surface area contributed by atoms with Gasteiger partial charge < -0.3 is 9.84 Å². The number of ether oxygens (including phenoxy) is 1. The van der Waals surface area contributed by atoms with Crippen molar-refractivity contribution in [2.24, 2.45) is 0 Å². The molecule has 0 radical (unpaired) electrons. The van der Waals surface area contributed by atoms with Gasteiger partial charge >= 0.3 is 5.97 Å². The molecule has 0 aliphatic rings. The summed E-state index contributed by atoms with van der Waals surface area (Å²) < 4.78 is 5.79. The summed E-state index contributed by atoms with van der Waals surface area (Å²) in [6, 6.07) is 24.0. The monoisotopic (exact) mass is 360 g/mol. The molecule has 3 aromatic carbocycles. The van der Waals surface area contributed by atoms with E-state index in [9.17, 15) is 9.59 Å². The first-order valence-electron chi connectivity index (χ1n) is 8.74. The highest BCUT2D eigenvalue weighted by Gasteiger charge is 2.09. The van der Waals surface area contributed by atoms with E-state index in [1.54, 1.807) is 18.2 Å². The lowest BCUT2D eigenvalue weighted by Gasteiger charge is -2.09. The maximum atomic E-state index is 12.5. The topological polar surface area (TPSA) is 63.6 Å². The lowest BCUT2D eigenvalue weighted by Crippen LogP contribution is -2.03. The molecule has 0 spiro atoms. The normalized spacial score (nSPS) is 10.4. The third kappa shape index (κ3) is 5.28. The third-order valence-electron chi connectivity index (χ3n) is 4.18. The molecule has 0 aromatic heterocycles. The molecule has 3 rings (SSSR count). The van der Waals surface area contributed by atoms with Gasteiger partial charge in [0.05, 0.1) is 0 Å². The Morgan fingerprint density at radius 1 is 0.778 bits per heavy atom. The summed E-state index contributed by atoms with van der Waals surface area (Å²) in [4.78, 5) is 23.2. The van der Waals surface area contributed by atoms with E-state index in [4.69, 9.17) is 9.84 Å². The Morgan fingerprint density at radius 2 is 1.48 bits per heavy atom. The van der Waals surface area contributed by atoms with Crippen LogP contribution >= 0.6 is 0 Å². The predicted molar refractivity (Wildman–Crippen MR) is 103 cm³/mol. The summed E-state index contributed by atoms with van der Waals surface area (Å²) in [5.41, 5.74) is 3.16. The van der Waals surface area contributed by atoms with E-state index >= 15 is 0 Å². The third-order valence-corrected chi connectivity index (χ3v) is 4.18. The van der Waals surface area contributed by atoms with E-state index in [1.165, 1.54) is 0 Å². The fourth-order valence-corrected chi connectivity index (χ4v) is 2.73. The Morgan fingerprint density at radius 3 is 2.19 bits per heavy atom. The van der Waals surface area contributed by atoms with Crippen LogP contribution in [0, 0.1) is 0 Å². The van der Waals surface area contributed by atoms with Crippen molar-refractivity contribution in [3.63, 3.8) is 0 Å². The second-order valence-electron chi connectivity index (χ2n) is 6.22. The van der Waals surface area contributed by atoms with Crippen LogP contribution in [0.25, 0.3) is 0 Å². The van der Waals surface area contributed by atoms with Gasteiger partial charge in [-0.1, -0.05) is 60.7 Å². The first kappa shape index (κ1) is 18.4. The number of benzene rings is 3. The van der Waals surface area contributed by atoms with Crippen LogP contribution in [0.3, 0.4) is 0 Å². The number of hydrogen-bond donors (Lipinski definition) is 1. The molecule has 0 bridgehead atoms. The van der Waals surface area contributed by atoms with Gasteiger partial charge in [-0.25, -0.2) is 0 Å². The predicted octanol–water partition coefficient (Wildman–Crippen LogP) is 4.51. The van der Waals surface area contributed by atoms with Crippen molar-refractivity contribution in [3.05, 3.63) is 101 Å². The molecule has 0 aliphatic carbocycles. The molecule has 136 valence electrons. The lowest BCUT2D eigenvalue weighted by atomic mass is 10.0. The highest BCUT2D eigenvalue weighted by molar-refractivity contribution is 6.09. The van der Waals surface area contributed by atoms with Gasteiger partial charge in [0.25, 0.3) is 0 Å². The molecule has 1 N–H and O–H groups in total. The van der Waals surface area contributed by atoms with Crippen LogP contribution in [-0.4, -0.2) is 16.9 Å². The Balaban J connectivity index is 1.61. The summed E-state index contributed by atoms with van der Waals surface area (Å²) in [6.45, 7) is 0.352. The van der Waals surface area contributed by atoms with E-state index in [0.29, 0.717) is 29.9 Å². The van der Waals surface area contributed by atoms with Crippen molar-refractivity contribution in [1.82, 2.24) is 0 Å². The fourth-order valence-electron chi connectivity index (χ4n) is 2.73. The molecule has 0 atom stereocenters. The zero-order valence-corrected chi connectivity index (χ0v) is 14.8. The molecular formula is C23H20O4. The lowest BCUT2D eigenvalue weighted by molar-refractivity contribution is -0.136. The molecule has 0 saturated heterocycles. The number of aryl methyl sites for hydroxylation is 1. The minimum Gasteiger partial charge on any atom is -0.489 e. The van der Waals surface area contributed by atoms with Crippen LogP contribution in [-0.2, 0) is 17.8 Å². The van der Waals surface area contributed by atoms with Crippen LogP contribution in [0.5, 0.6) is 5.75 Å². The molecular weight excluding hydrogens is 340 g/mol. The highest BCUT2D eigenvalue weighted by Crippen LogP contribution is 2.17. The van der Waals surface area contributed by atoms with Gasteiger partial charge in [0.15, 0.2) is 5.78 Å². The maximum absolute atomic E-state index is 12.5. The van der Waals surface area contributed by atoms with Crippen molar-refractivity contribution in [1.29, 1.82) is 0 Å². The second kappa shape index (κ2) is 8.81. The first-order chi connectivity index (χ1) is 13.1. The fraction of sp³-hybridized carbons (Fsp3) is 0.130. The van der Waals surface area contributed by atoms with E-state index in [2.05, 4.69) is 0 Å². The van der Waals surface area contributed by atoms with Crippen molar-refractivity contribution < 1.29 is 19.4 Å². The minimum atomic E-state index is -0.805. The average molecular weight is 360 g/mol. The van der Waals surface area contributed by atoms with Crippen molar-refractivity contribution in [2.75, 3.05) is 0 Å².